The summed E-state index contributed by atoms with van der Waals surface area (Å²) in [7, 11) is 1.77. The minimum atomic E-state index is -0.533. The predicted molar refractivity (Wildman–Crippen MR) is 83.9 cm³/mol. The van der Waals surface area contributed by atoms with Crippen molar-refractivity contribution < 1.29 is 9.66 Å². The Bertz CT molecular complexity index is 664. The maximum Gasteiger partial charge on any atom is 0.313 e. The molecule has 1 aromatic heterocycles. The van der Waals surface area contributed by atoms with E-state index < -0.39 is 4.92 Å². The van der Waals surface area contributed by atoms with E-state index in [4.69, 9.17) is 16.3 Å². The van der Waals surface area contributed by atoms with Gasteiger partial charge in [0.25, 0.3) is 0 Å². The molecule has 8 heteroatoms. The van der Waals surface area contributed by atoms with Crippen LogP contribution in [0.2, 0.25) is 5.02 Å². The number of ether oxygens (including phenoxy) is 1. The van der Waals surface area contributed by atoms with Crippen molar-refractivity contribution in [2.75, 3.05) is 12.4 Å². The Balaban J connectivity index is 2.20. The van der Waals surface area contributed by atoms with E-state index in [0.717, 1.165) is 11.4 Å². The quantitative estimate of drug-likeness (QED) is 0.633. The summed E-state index contributed by atoms with van der Waals surface area (Å²) in [5.41, 5.74) is 0.610. The third-order valence-corrected chi connectivity index (χ3v) is 3.46. The van der Waals surface area contributed by atoms with E-state index in [9.17, 15) is 10.1 Å². The highest BCUT2D eigenvalue weighted by Crippen LogP contribution is 2.38. The highest BCUT2D eigenvalue weighted by Gasteiger charge is 2.20. The zero-order valence-electron chi connectivity index (χ0n) is 11.0. The molecule has 21 heavy (non-hydrogen) atoms. The number of rotatable bonds is 5. The van der Waals surface area contributed by atoms with Gasteiger partial charge in [0.15, 0.2) is 0 Å². The maximum absolute atomic E-state index is 11.0. The average molecular weight is 373 g/mol. The molecule has 2 aromatic rings. The molecule has 0 aliphatic carbocycles. The first-order chi connectivity index (χ1) is 10.0. The Morgan fingerprint density at radius 3 is 2.81 bits per heavy atom. The van der Waals surface area contributed by atoms with Gasteiger partial charge in [-0.05, 0) is 28.1 Å². The predicted octanol–water partition coefficient (Wildman–Crippen LogP) is 4.03. The van der Waals surface area contributed by atoms with Gasteiger partial charge in [0.1, 0.15) is 12.4 Å². The molecule has 1 aromatic carbocycles. The summed E-state index contributed by atoms with van der Waals surface area (Å²) in [5.74, 6) is 0.875. The van der Waals surface area contributed by atoms with Crippen LogP contribution >= 0.6 is 27.5 Å². The number of hydrogen-bond acceptors (Lipinski definition) is 5. The fourth-order valence-corrected chi connectivity index (χ4v) is 2.55. The molecule has 0 radical (unpaired) electrons. The normalized spacial score (nSPS) is 10.2. The number of aromatic nitrogens is 1. The van der Waals surface area contributed by atoms with Gasteiger partial charge in [0, 0.05) is 29.9 Å². The molecular weight excluding hydrogens is 362 g/mol. The minimum Gasteiger partial charge on any atom is -0.481 e. The number of nitro benzene ring substituents is 1. The van der Waals surface area contributed by atoms with Crippen molar-refractivity contribution in [3.8, 4) is 5.75 Å². The van der Waals surface area contributed by atoms with E-state index >= 15 is 0 Å². The number of pyridine rings is 1. The van der Waals surface area contributed by atoms with Crippen LogP contribution in [0.4, 0.5) is 11.5 Å². The second-order valence-electron chi connectivity index (χ2n) is 4.08. The van der Waals surface area contributed by atoms with Crippen LogP contribution in [0.25, 0.3) is 0 Å². The molecule has 0 saturated heterocycles. The summed E-state index contributed by atoms with van der Waals surface area (Å²) in [6.45, 7) is 0.165. The number of nitrogens with one attached hydrogen (secondary N) is 1. The van der Waals surface area contributed by atoms with E-state index in [1.54, 1.807) is 25.4 Å². The standard InChI is InChI=1S/C13H11BrClN3O3/c1-16-12-3-2-8(6-17-12)7-21-13-10(14)4-9(15)5-11(13)18(19)20/h2-6H,7H2,1H3,(H,16,17). The number of nitrogens with zero attached hydrogens (tertiary/aromatic N) is 2. The second-order valence-corrected chi connectivity index (χ2v) is 5.37. The molecule has 1 N–H and O–H groups in total. The molecule has 0 spiro atoms. The molecule has 0 unspecified atom stereocenters. The third-order valence-electron chi connectivity index (χ3n) is 2.65. The maximum atomic E-state index is 11.0. The van der Waals surface area contributed by atoms with E-state index in [1.165, 1.54) is 6.07 Å². The molecule has 0 amide bonds. The number of hydrogen-bond donors (Lipinski definition) is 1. The minimum absolute atomic E-state index is 0.141. The van der Waals surface area contributed by atoms with Crippen molar-refractivity contribution in [1.29, 1.82) is 0 Å². The van der Waals surface area contributed by atoms with Gasteiger partial charge in [0.05, 0.1) is 9.40 Å². The van der Waals surface area contributed by atoms with Gasteiger partial charge in [-0.3, -0.25) is 10.1 Å². The number of anilines is 1. The zero-order chi connectivity index (χ0) is 15.4. The first-order valence-electron chi connectivity index (χ1n) is 5.90. The van der Waals surface area contributed by atoms with Gasteiger partial charge in [0.2, 0.25) is 5.75 Å². The van der Waals surface area contributed by atoms with Gasteiger partial charge < -0.3 is 10.1 Å². The van der Waals surface area contributed by atoms with Gasteiger partial charge in [-0.15, -0.1) is 0 Å². The van der Waals surface area contributed by atoms with Crippen LogP contribution in [0.15, 0.2) is 34.9 Å². The molecular formula is C13H11BrClN3O3. The summed E-state index contributed by atoms with van der Waals surface area (Å²) in [6.07, 6.45) is 1.64. The molecule has 0 fully saturated rings. The van der Waals surface area contributed by atoms with E-state index in [-0.39, 0.29) is 23.1 Å². The topological polar surface area (TPSA) is 77.3 Å². The van der Waals surface area contributed by atoms with Crippen molar-refractivity contribution in [1.82, 2.24) is 4.98 Å². The average Bonchev–Trinajstić information content (AvgIpc) is 2.46. The molecule has 6 nitrogen and oxygen atoms in total. The van der Waals surface area contributed by atoms with Crippen LogP contribution in [-0.4, -0.2) is 17.0 Å². The molecule has 2 rings (SSSR count). The van der Waals surface area contributed by atoms with Crippen molar-refractivity contribution >= 4 is 39.0 Å². The second kappa shape index (κ2) is 6.73. The molecule has 1 heterocycles. The van der Waals surface area contributed by atoms with Crippen molar-refractivity contribution in [2.45, 2.75) is 6.61 Å². The van der Waals surface area contributed by atoms with Gasteiger partial charge in [-0.1, -0.05) is 17.7 Å². The largest absolute Gasteiger partial charge is 0.481 e. The van der Waals surface area contributed by atoms with Crippen LogP contribution in [0.5, 0.6) is 5.75 Å². The van der Waals surface area contributed by atoms with E-state index in [2.05, 4.69) is 26.2 Å². The first kappa shape index (κ1) is 15.5. The Hall–Kier alpha value is -1.86. The summed E-state index contributed by atoms with van der Waals surface area (Å²) in [6, 6.07) is 6.43. The van der Waals surface area contributed by atoms with Crippen LogP contribution in [0, 0.1) is 10.1 Å². The fraction of sp³-hybridized carbons (Fsp3) is 0.154. The van der Waals surface area contributed by atoms with Crippen LogP contribution in [0.3, 0.4) is 0 Å². The molecule has 0 saturated carbocycles. The highest BCUT2D eigenvalue weighted by molar-refractivity contribution is 9.10. The summed E-state index contributed by atoms with van der Waals surface area (Å²) >= 11 is 9.03. The lowest BCUT2D eigenvalue weighted by Crippen LogP contribution is -2.01. The van der Waals surface area contributed by atoms with Crippen molar-refractivity contribution in [2.24, 2.45) is 0 Å². The number of halogens is 2. The third kappa shape index (κ3) is 3.83. The SMILES string of the molecule is CNc1ccc(COc2c(Br)cc(Cl)cc2[N+](=O)[O-])cn1. The van der Waals surface area contributed by atoms with Gasteiger partial charge >= 0.3 is 5.69 Å². The molecule has 0 aliphatic rings. The van der Waals surface area contributed by atoms with E-state index in [0.29, 0.717) is 4.47 Å². The zero-order valence-corrected chi connectivity index (χ0v) is 13.3. The Morgan fingerprint density at radius 2 is 2.24 bits per heavy atom. The molecule has 0 bridgehead atoms. The van der Waals surface area contributed by atoms with E-state index in [1.807, 2.05) is 6.07 Å². The van der Waals surface area contributed by atoms with Crippen LogP contribution in [0.1, 0.15) is 5.56 Å². The Morgan fingerprint density at radius 1 is 1.48 bits per heavy atom. The lowest BCUT2D eigenvalue weighted by atomic mass is 10.3. The van der Waals surface area contributed by atoms with Gasteiger partial charge in [-0.2, -0.15) is 0 Å². The van der Waals surface area contributed by atoms with Crippen molar-refractivity contribution in [3.05, 3.63) is 55.6 Å². The fourth-order valence-electron chi connectivity index (χ4n) is 1.64. The Labute approximate surface area is 134 Å². The van der Waals surface area contributed by atoms with Crippen molar-refractivity contribution in [3.63, 3.8) is 0 Å². The summed E-state index contributed by atoms with van der Waals surface area (Å²) in [4.78, 5) is 14.7. The van der Waals surface area contributed by atoms with Crippen LogP contribution in [-0.2, 0) is 6.61 Å². The summed E-state index contributed by atoms with van der Waals surface area (Å²) in [5, 5.41) is 14.2. The summed E-state index contributed by atoms with van der Waals surface area (Å²) < 4.78 is 5.97. The first-order valence-corrected chi connectivity index (χ1v) is 7.07. The number of benzene rings is 1. The molecule has 0 aliphatic heterocycles. The Kier molecular flexibility index (Phi) is 4.98. The smallest absolute Gasteiger partial charge is 0.313 e. The highest BCUT2D eigenvalue weighted by atomic mass is 79.9. The number of nitro groups is 1. The lowest BCUT2D eigenvalue weighted by Gasteiger charge is -2.09. The molecule has 110 valence electrons. The monoisotopic (exact) mass is 371 g/mol. The lowest BCUT2D eigenvalue weighted by molar-refractivity contribution is -0.386. The van der Waals surface area contributed by atoms with Gasteiger partial charge in [-0.25, -0.2) is 4.98 Å². The van der Waals surface area contributed by atoms with Crippen LogP contribution < -0.4 is 10.1 Å². The molecule has 0 atom stereocenters.